The summed E-state index contributed by atoms with van der Waals surface area (Å²) in [5.41, 5.74) is 2.32. The van der Waals surface area contributed by atoms with Crippen molar-refractivity contribution < 1.29 is 14.7 Å². The predicted octanol–water partition coefficient (Wildman–Crippen LogP) is 4.46. The molecular weight excluding hydrogens is 398 g/mol. The van der Waals surface area contributed by atoms with Gasteiger partial charge < -0.3 is 5.11 Å². The summed E-state index contributed by atoms with van der Waals surface area (Å²) in [6.45, 7) is 3.19. The van der Waals surface area contributed by atoms with Crippen molar-refractivity contribution in [2.24, 2.45) is 11.8 Å². The molecule has 164 valence electrons. The van der Waals surface area contributed by atoms with E-state index < -0.39 is 6.10 Å². The van der Waals surface area contributed by atoms with Crippen LogP contribution in [0.5, 0.6) is 0 Å². The molecule has 3 aromatic rings. The first-order valence-electron chi connectivity index (χ1n) is 11.2. The van der Waals surface area contributed by atoms with E-state index in [4.69, 9.17) is 0 Å². The van der Waals surface area contributed by atoms with E-state index in [9.17, 15) is 14.7 Å². The van der Waals surface area contributed by atoms with Crippen molar-refractivity contribution in [3.8, 4) is 0 Å². The number of hydrogen-bond acceptors (Lipinski definition) is 4. The normalized spacial score (nSPS) is 22.2. The van der Waals surface area contributed by atoms with Gasteiger partial charge in [0.15, 0.2) is 11.6 Å². The third-order valence-electron chi connectivity index (χ3n) is 6.27. The Kier molecular flexibility index (Phi) is 6.93. The third kappa shape index (κ3) is 4.87. The van der Waals surface area contributed by atoms with Crippen molar-refractivity contribution >= 4 is 11.6 Å². The molecule has 1 fully saturated rings. The van der Waals surface area contributed by atoms with Crippen molar-refractivity contribution in [2.75, 3.05) is 19.6 Å². The van der Waals surface area contributed by atoms with Gasteiger partial charge in [0.25, 0.3) is 0 Å². The van der Waals surface area contributed by atoms with Crippen molar-refractivity contribution in [3.63, 3.8) is 0 Å². The van der Waals surface area contributed by atoms with Crippen LogP contribution in [0.25, 0.3) is 0 Å². The molecule has 0 bridgehead atoms. The summed E-state index contributed by atoms with van der Waals surface area (Å²) in [5, 5.41) is 10.1. The Morgan fingerprint density at radius 2 is 1.19 bits per heavy atom. The maximum absolute atomic E-state index is 13.7. The molecule has 1 heterocycles. The zero-order valence-electron chi connectivity index (χ0n) is 18.3. The smallest absolute Gasteiger partial charge is 0.167 e. The summed E-state index contributed by atoms with van der Waals surface area (Å²) in [6, 6.07) is 28.5. The SMILES string of the molecule is C[C@H](O)CN1C[C@H](C(=O)c2ccccc2)C(c2ccccc2)[C@H](C(=O)c2ccccc2)C1. The fourth-order valence-electron chi connectivity index (χ4n) is 4.93. The van der Waals surface area contributed by atoms with Gasteiger partial charge in [0.05, 0.1) is 6.10 Å². The number of piperidine rings is 1. The summed E-state index contributed by atoms with van der Waals surface area (Å²) in [4.78, 5) is 29.5. The van der Waals surface area contributed by atoms with Crippen LogP contribution in [0.15, 0.2) is 91.0 Å². The van der Waals surface area contributed by atoms with Crippen LogP contribution in [-0.2, 0) is 0 Å². The molecule has 4 heteroatoms. The van der Waals surface area contributed by atoms with Gasteiger partial charge in [0.2, 0.25) is 0 Å². The molecule has 0 saturated carbocycles. The molecule has 0 amide bonds. The van der Waals surface area contributed by atoms with Crippen LogP contribution in [-0.4, -0.2) is 47.3 Å². The highest BCUT2D eigenvalue weighted by molar-refractivity contribution is 6.02. The Morgan fingerprint density at radius 1 is 0.781 bits per heavy atom. The molecular formula is C28H29NO3. The number of aliphatic hydroxyl groups excluding tert-OH is 1. The lowest BCUT2D eigenvalue weighted by Gasteiger charge is -2.43. The zero-order chi connectivity index (χ0) is 22.5. The second kappa shape index (κ2) is 10.0. The van der Waals surface area contributed by atoms with E-state index >= 15 is 0 Å². The average molecular weight is 428 g/mol. The molecule has 1 saturated heterocycles. The van der Waals surface area contributed by atoms with E-state index in [1.165, 1.54) is 0 Å². The minimum atomic E-state index is -0.539. The maximum Gasteiger partial charge on any atom is 0.167 e. The molecule has 4 nitrogen and oxygen atoms in total. The van der Waals surface area contributed by atoms with E-state index in [1.807, 2.05) is 91.0 Å². The lowest BCUT2D eigenvalue weighted by Crippen LogP contribution is -2.51. The van der Waals surface area contributed by atoms with Gasteiger partial charge >= 0.3 is 0 Å². The van der Waals surface area contributed by atoms with E-state index in [-0.39, 0.29) is 29.3 Å². The first kappa shape index (κ1) is 22.1. The summed E-state index contributed by atoms with van der Waals surface area (Å²) in [7, 11) is 0. The minimum absolute atomic E-state index is 0.0422. The van der Waals surface area contributed by atoms with Gasteiger partial charge in [0, 0.05) is 48.5 Å². The summed E-state index contributed by atoms with van der Waals surface area (Å²) in [5.74, 6) is -0.919. The molecule has 0 radical (unpaired) electrons. The van der Waals surface area contributed by atoms with E-state index in [0.29, 0.717) is 30.8 Å². The van der Waals surface area contributed by atoms with Crippen LogP contribution in [0.3, 0.4) is 0 Å². The third-order valence-corrected chi connectivity index (χ3v) is 6.27. The second-order valence-corrected chi connectivity index (χ2v) is 8.68. The minimum Gasteiger partial charge on any atom is -0.392 e. The Bertz CT molecular complexity index is 973. The first-order chi connectivity index (χ1) is 15.5. The molecule has 0 aromatic heterocycles. The Balaban J connectivity index is 1.79. The fourth-order valence-corrected chi connectivity index (χ4v) is 4.93. The molecule has 32 heavy (non-hydrogen) atoms. The molecule has 1 N–H and O–H groups in total. The predicted molar refractivity (Wildman–Crippen MR) is 126 cm³/mol. The molecule has 1 aliphatic heterocycles. The van der Waals surface area contributed by atoms with Crippen LogP contribution >= 0.6 is 0 Å². The number of β-amino-alcohol motifs (C(OH)–C–C–N with tert-alkyl or cyclic N) is 1. The largest absolute Gasteiger partial charge is 0.392 e. The van der Waals surface area contributed by atoms with Gasteiger partial charge in [0.1, 0.15) is 0 Å². The number of carbonyl (C=O) groups excluding carboxylic acids is 2. The number of likely N-dealkylation sites (tertiary alicyclic amines) is 1. The molecule has 0 aliphatic carbocycles. The lowest BCUT2D eigenvalue weighted by atomic mass is 9.68. The van der Waals surface area contributed by atoms with Crippen LogP contribution < -0.4 is 0 Å². The van der Waals surface area contributed by atoms with Gasteiger partial charge in [-0.15, -0.1) is 0 Å². The molecule has 1 aliphatic rings. The number of ketones is 2. The number of benzene rings is 3. The highest BCUT2D eigenvalue weighted by Gasteiger charge is 2.44. The molecule has 4 rings (SSSR count). The number of aliphatic hydroxyl groups is 1. The topological polar surface area (TPSA) is 57.6 Å². The first-order valence-corrected chi connectivity index (χ1v) is 11.2. The standard InChI is InChI=1S/C28H29NO3/c1-20(30)17-29-18-24(27(31)22-13-7-3-8-14-22)26(21-11-5-2-6-12-21)25(19-29)28(32)23-15-9-4-10-16-23/h2-16,20,24-26,30H,17-19H2,1H3/t20-,24-,25+,26?/m0/s1. The molecule has 4 atom stereocenters. The van der Waals surface area contributed by atoms with E-state index in [0.717, 1.165) is 5.56 Å². The summed E-state index contributed by atoms with van der Waals surface area (Å²) in [6.07, 6.45) is -0.539. The number of hydrogen-bond donors (Lipinski definition) is 1. The number of rotatable bonds is 7. The van der Waals surface area contributed by atoms with Gasteiger partial charge in [-0.05, 0) is 12.5 Å². The molecule has 1 unspecified atom stereocenters. The van der Waals surface area contributed by atoms with Crippen molar-refractivity contribution in [3.05, 3.63) is 108 Å². The average Bonchev–Trinajstić information content (AvgIpc) is 2.84. The highest BCUT2D eigenvalue weighted by Crippen LogP contribution is 2.40. The van der Waals surface area contributed by atoms with Crippen LogP contribution in [0.2, 0.25) is 0 Å². The Labute approximate surface area is 189 Å². The molecule has 0 spiro atoms. The van der Waals surface area contributed by atoms with Crippen molar-refractivity contribution in [2.45, 2.75) is 18.9 Å². The monoisotopic (exact) mass is 427 g/mol. The van der Waals surface area contributed by atoms with Crippen LogP contribution in [0.4, 0.5) is 0 Å². The number of nitrogens with zero attached hydrogens (tertiary/aromatic N) is 1. The summed E-state index contributed by atoms with van der Waals surface area (Å²) < 4.78 is 0. The van der Waals surface area contributed by atoms with Crippen LogP contribution in [0.1, 0.15) is 39.1 Å². The van der Waals surface area contributed by atoms with Crippen molar-refractivity contribution in [1.29, 1.82) is 0 Å². The lowest BCUT2D eigenvalue weighted by molar-refractivity contribution is 0.0433. The Morgan fingerprint density at radius 3 is 1.59 bits per heavy atom. The second-order valence-electron chi connectivity index (χ2n) is 8.68. The highest BCUT2D eigenvalue weighted by atomic mass is 16.3. The zero-order valence-corrected chi connectivity index (χ0v) is 18.3. The quantitative estimate of drug-likeness (QED) is 0.566. The van der Waals surface area contributed by atoms with E-state index in [2.05, 4.69) is 4.90 Å². The maximum atomic E-state index is 13.7. The fraction of sp³-hybridized carbons (Fsp3) is 0.286. The van der Waals surface area contributed by atoms with E-state index in [1.54, 1.807) is 6.92 Å². The van der Waals surface area contributed by atoms with Gasteiger partial charge in [-0.25, -0.2) is 0 Å². The van der Waals surface area contributed by atoms with Crippen molar-refractivity contribution in [1.82, 2.24) is 4.90 Å². The van der Waals surface area contributed by atoms with Gasteiger partial charge in [-0.3, -0.25) is 14.5 Å². The molecule has 3 aromatic carbocycles. The number of Topliss-reactive ketones (excluding diaryl/α,β-unsaturated/α-hetero) is 2. The Hall–Kier alpha value is -3.08. The van der Waals surface area contributed by atoms with Gasteiger partial charge in [-0.1, -0.05) is 91.0 Å². The number of carbonyl (C=O) groups is 2. The van der Waals surface area contributed by atoms with Crippen LogP contribution in [0, 0.1) is 11.8 Å². The summed E-state index contributed by atoms with van der Waals surface area (Å²) >= 11 is 0. The van der Waals surface area contributed by atoms with Gasteiger partial charge in [-0.2, -0.15) is 0 Å².